The second-order valence-corrected chi connectivity index (χ2v) is 6.00. The Hall–Kier alpha value is -0.120. The number of nitrogens with zero attached hydrogens (tertiary/aromatic N) is 2. The summed E-state index contributed by atoms with van der Waals surface area (Å²) in [6.45, 7) is 14.4. The molecule has 0 amide bonds. The molecule has 0 aliphatic carbocycles. The van der Waals surface area contributed by atoms with Gasteiger partial charge in [-0.25, -0.2) is 0 Å². The van der Waals surface area contributed by atoms with Crippen LogP contribution in [-0.4, -0.2) is 60.6 Å². The fraction of sp³-hybridized carbons (Fsp3) is 1.00. The third kappa shape index (κ3) is 3.21. The van der Waals surface area contributed by atoms with E-state index in [-0.39, 0.29) is 0 Å². The summed E-state index contributed by atoms with van der Waals surface area (Å²) < 4.78 is 0. The van der Waals surface area contributed by atoms with Crippen molar-refractivity contribution in [2.45, 2.75) is 51.6 Å². The van der Waals surface area contributed by atoms with Crippen molar-refractivity contribution in [1.82, 2.24) is 15.1 Å². The molecule has 3 heteroatoms. The van der Waals surface area contributed by atoms with Gasteiger partial charge in [-0.05, 0) is 39.3 Å². The predicted molar refractivity (Wildman–Crippen MR) is 73.4 cm³/mol. The minimum absolute atomic E-state index is 0.340. The molecule has 17 heavy (non-hydrogen) atoms. The highest BCUT2D eigenvalue weighted by Crippen LogP contribution is 2.22. The highest BCUT2D eigenvalue weighted by atomic mass is 15.3. The van der Waals surface area contributed by atoms with Gasteiger partial charge in [0, 0.05) is 37.8 Å². The monoisotopic (exact) mass is 239 g/mol. The molecule has 3 nitrogen and oxygen atoms in total. The Morgan fingerprint density at radius 2 is 2.12 bits per heavy atom. The summed E-state index contributed by atoms with van der Waals surface area (Å²) in [6, 6.07) is 0.802. The van der Waals surface area contributed by atoms with E-state index in [1.165, 1.54) is 52.0 Å². The fourth-order valence-corrected chi connectivity index (χ4v) is 3.25. The van der Waals surface area contributed by atoms with Gasteiger partial charge in [0.15, 0.2) is 0 Å². The normalized spacial score (nSPS) is 37.2. The van der Waals surface area contributed by atoms with Crippen LogP contribution in [0.2, 0.25) is 0 Å². The van der Waals surface area contributed by atoms with Crippen LogP contribution in [0.5, 0.6) is 0 Å². The molecule has 2 atom stereocenters. The fourth-order valence-electron chi connectivity index (χ4n) is 3.25. The van der Waals surface area contributed by atoms with Gasteiger partial charge in [0.05, 0.1) is 0 Å². The average molecular weight is 239 g/mol. The first kappa shape index (κ1) is 13.3. The Morgan fingerprint density at radius 3 is 2.82 bits per heavy atom. The largest absolute Gasteiger partial charge is 0.309 e. The van der Waals surface area contributed by atoms with Crippen LogP contribution < -0.4 is 5.32 Å². The first-order chi connectivity index (χ1) is 8.17. The molecule has 0 spiro atoms. The van der Waals surface area contributed by atoms with Gasteiger partial charge in [-0.15, -0.1) is 0 Å². The standard InChI is InChI=1S/C14H29N3/c1-4-14(3)12-17(10-8-15-14)13-7-6-9-16(5-2)11-13/h13,15H,4-12H2,1-3H3. The van der Waals surface area contributed by atoms with Gasteiger partial charge >= 0.3 is 0 Å². The zero-order chi connectivity index (χ0) is 12.3. The lowest BCUT2D eigenvalue weighted by molar-refractivity contribution is 0.0523. The molecule has 0 aromatic carbocycles. The summed E-state index contributed by atoms with van der Waals surface area (Å²) in [5, 5.41) is 3.68. The molecule has 2 saturated heterocycles. The number of piperazine rings is 1. The van der Waals surface area contributed by atoms with Gasteiger partial charge in [-0.2, -0.15) is 0 Å². The van der Waals surface area contributed by atoms with Crippen LogP contribution in [0, 0.1) is 0 Å². The van der Waals surface area contributed by atoms with E-state index in [0.29, 0.717) is 5.54 Å². The average Bonchev–Trinajstić information content (AvgIpc) is 2.39. The SMILES string of the molecule is CCN1CCCC(N2CCNC(C)(CC)C2)C1. The smallest absolute Gasteiger partial charge is 0.0278 e. The number of likely N-dealkylation sites (N-methyl/N-ethyl adjacent to an activating group) is 1. The lowest BCUT2D eigenvalue weighted by atomic mass is 9.93. The van der Waals surface area contributed by atoms with Crippen LogP contribution in [0.1, 0.15) is 40.0 Å². The molecule has 1 N–H and O–H groups in total. The first-order valence-corrected chi connectivity index (χ1v) is 7.38. The third-order valence-electron chi connectivity index (χ3n) is 4.73. The van der Waals surface area contributed by atoms with Crippen molar-refractivity contribution >= 4 is 0 Å². The third-order valence-corrected chi connectivity index (χ3v) is 4.73. The molecule has 0 bridgehead atoms. The number of piperidine rings is 1. The van der Waals surface area contributed by atoms with E-state index in [2.05, 4.69) is 35.9 Å². The van der Waals surface area contributed by atoms with E-state index < -0.39 is 0 Å². The van der Waals surface area contributed by atoms with Crippen molar-refractivity contribution in [3.05, 3.63) is 0 Å². The van der Waals surface area contributed by atoms with Crippen molar-refractivity contribution in [2.75, 3.05) is 39.3 Å². The Labute approximate surface area is 107 Å². The van der Waals surface area contributed by atoms with Gasteiger partial charge in [0.2, 0.25) is 0 Å². The Balaban J connectivity index is 1.92. The van der Waals surface area contributed by atoms with Crippen LogP contribution in [-0.2, 0) is 0 Å². The van der Waals surface area contributed by atoms with E-state index in [9.17, 15) is 0 Å². The number of hydrogen-bond donors (Lipinski definition) is 1. The summed E-state index contributed by atoms with van der Waals surface area (Å²) in [7, 11) is 0. The van der Waals surface area contributed by atoms with E-state index in [1.54, 1.807) is 0 Å². The number of rotatable bonds is 3. The topological polar surface area (TPSA) is 18.5 Å². The number of hydrogen-bond acceptors (Lipinski definition) is 3. The molecule has 100 valence electrons. The first-order valence-electron chi connectivity index (χ1n) is 7.38. The van der Waals surface area contributed by atoms with Crippen molar-refractivity contribution in [1.29, 1.82) is 0 Å². The Bertz CT molecular complexity index is 244. The highest BCUT2D eigenvalue weighted by molar-refractivity contribution is 4.93. The molecule has 0 aromatic rings. The molecule has 2 heterocycles. The zero-order valence-electron chi connectivity index (χ0n) is 11.8. The zero-order valence-corrected chi connectivity index (χ0v) is 11.8. The second kappa shape index (κ2) is 5.68. The molecule has 2 unspecified atom stereocenters. The van der Waals surface area contributed by atoms with Gasteiger partial charge in [-0.3, -0.25) is 4.90 Å². The molecular formula is C14H29N3. The highest BCUT2D eigenvalue weighted by Gasteiger charge is 2.33. The maximum Gasteiger partial charge on any atom is 0.0278 e. The van der Waals surface area contributed by atoms with Crippen LogP contribution in [0.3, 0.4) is 0 Å². The molecule has 0 saturated carbocycles. The van der Waals surface area contributed by atoms with E-state index in [1.807, 2.05) is 0 Å². The van der Waals surface area contributed by atoms with E-state index in [4.69, 9.17) is 0 Å². The summed E-state index contributed by atoms with van der Waals surface area (Å²) in [6.07, 6.45) is 4.01. The molecule has 0 aromatic heterocycles. The maximum atomic E-state index is 3.68. The minimum atomic E-state index is 0.340. The summed E-state index contributed by atoms with van der Waals surface area (Å²) >= 11 is 0. The lowest BCUT2D eigenvalue weighted by Crippen LogP contribution is -2.62. The Kier molecular flexibility index (Phi) is 4.45. The molecule has 2 aliphatic heterocycles. The van der Waals surface area contributed by atoms with Crippen LogP contribution in [0.15, 0.2) is 0 Å². The van der Waals surface area contributed by atoms with Crippen molar-refractivity contribution < 1.29 is 0 Å². The van der Waals surface area contributed by atoms with Crippen molar-refractivity contribution in [3.8, 4) is 0 Å². The number of likely N-dealkylation sites (tertiary alicyclic amines) is 1. The van der Waals surface area contributed by atoms with Crippen LogP contribution >= 0.6 is 0 Å². The number of nitrogens with one attached hydrogen (secondary N) is 1. The van der Waals surface area contributed by atoms with Gasteiger partial charge < -0.3 is 10.2 Å². The maximum absolute atomic E-state index is 3.68. The van der Waals surface area contributed by atoms with Gasteiger partial charge in [-0.1, -0.05) is 13.8 Å². The van der Waals surface area contributed by atoms with Crippen LogP contribution in [0.4, 0.5) is 0 Å². The molecular weight excluding hydrogens is 210 g/mol. The second-order valence-electron chi connectivity index (χ2n) is 6.00. The molecule has 0 radical (unpaired) electrons. The molecule has 2 rings (SSSR count). The van der Waals surface area contributed by atoms with E-state index >= 15 is 0 Å². The van der Waals surface area contributed by atoms with Gasteiger partial charge in [0.1, 0.15) is 0 Å². The van der Waals surface area contributed by atoms with Crippen molar-refractivity contribution in [2.24, 2.45) is 0 Å². The van der Waals surface area contributed by atoms with Crippen LogP contribution in [0.25, 0.3) is 0 Å². The summed E-state index contributed by atoms with van der Waals surface area (Å²) in [5.74, 6) is 0. The lowest BCUT2D eigenvalue weighted by Gasteiger charge is -2.47. The Morgan fingerprint density at radius 1 is 1.29 bits per heavy atom. The van der Waals surface area contributed by atoms with E-state index in [0.717, 1.165) is 12.6 Å². The molecule has 2 aliphatic rings. The quantitative estimate of drug-likeness (QED) is 0.806. The van der Waals surface area contributed by atoms with Gasteiger partial charge in [0.25, 0.3) is 0 Å². The summed E-state index contributed by atoms with van der Waals surface area (Å²) in [5.41, 5.74) is 0.340. The summed E-state index contributed by atoms with van der Waals surface area (Å²) in [4.78, 5) is 5.35. The van der Waals surface area contributed by atoms with Crippen molar-refractivity contribution in [3.63, 3.8) is 0 Å². The minimum Gasteiger partial charge on any atom is -0.309 e. The predicted octanol–water partition coefficient (Wildman–Crippen LogP) is 1.54. The molecule has 2 fully saturated rings.